The molecule has 0 radical (unpaired) electrons. The minimum atomic E-state index is 0. The lowest BCUT2D eigenvalue weighted by Gasteiger charge is -2.36. The van der Waals surface area contributed by atoms with E-state index in [1.807, 2.05) is 36.7 Å². The number of hydrogen-bond donors (Lipinski definition) is 1. The van der Waals surface area contributed by atoms with Gasteiger partial charge >= 0.3 is 0 Å². The van der Waals surface area contributed by atoms with Gasteiger partial charge in [-0.15, -0.1) is 0 Å². The Labute approximate surface area is 166 Å². The summed E-state index contributed by atoms with van der Waals surface area (Å²) < 4.78 is 0. The van der Waals surface area contributed by atoms with Crippen molar-refractivity contribution in [3.8, 4) is 0 Å². The molecule has 1 fully saturated rings. The van der Waals surface area contributed by atoms with Crippen molar-refractivity contribution in [2.75, 3.05) is 31.1 Å². The number of piperazine rings is 1. The molecule has 4 rings (SSSR count). The molecule has 2 aliphatic rings. The first-order chi connectivity index (χ1) is 12.8. The molecule has 0 aromatic carbocycles. The SMILES string of the molecule is C.S=C(N/N=C1/CCCc2cccnc21)N1CCN(c2ccccn2)CC1. The highest BCUT2D eigenvalue weighted by Crippen LogP contribution is 2.19. The van der Waals surface area contributed by atoms with Crippen LogP contribution in [0.4, 0.5) is 5.82 Å². The lowest BCUT2D eigenvalue weighted by Crippen LogP contribution is -2.51. The number of hydrogen-bond acceptors (Lipinski definition) is 5. The van der Waals surface area contributed by atoms with Crippen molar-refractivity contribution in [3.63, 3.8) is 0 Å². The molecule has 6 nitrogen and oxygen atoms in total. The van der Waals surface area contributed by atoms with Gasteiger partial charge in [0, 0.05) is 38.6 Å². The zero-order valence-electron chi connectivity index (χ0n) is 14.6. The zero-order valence-corrected chi connectivity index (χ0v) is 15.5. The van der Waals surface area contributed by atoms with Crippen LogP contribution >= 0.6 is 12.2 Å². The highest BCUT2D eigenvalue weighted by molar-refractivity contribution is 7.80. The fourth-order valence-electron chi connectivity index (χ4n) is 3.44. The lowest BCUT2D eigenvalue weighted by molar-refractivity contribution is 0.380. The van der Waals surface area contributed by atoms with Gasteiger partial charge in [0.15, 0.2) is 5.11 Å². The Balaban J connectivity index is 0.00000210. The summed E-state index contributed by atoms with van der Waals surface area (Å²) in [4.78, 5) is 13.4. The Kier molecular flexibility index (Phi) is 6.34. The van der Waals surface area contributed by atoms with Gasteiger partial charge in [0.25, 0.3) is 0 Å². The van der Waals surface area contributed by atoms with E-state index in [2.05, 4.69) is 36.4 Å². The summed E-state index contributed by atoms with van der Waals surface area (Å²) in [6.07, 6.45) is 6.78. The van der Waals surface area contributed by atoms with Crippen molar-refractivity contribution in [1.82, 2.24) is 20.3 Å². The molecular formula is C20H26N6S. The molecule has 1 N–H and O–H groups in total. The van der Waals surface area contributed by atoms with Crippen molar-refractivity contribution in [2.45, 2.75) is 26.7 Å². The van der Waals surface area contributed by atoms with E-state index in [4.69, 9.17) is 12.2 Å². The molecule has 142 valence electrons. The number of aromatic nitrogens is 2. The average molecular weight is 383 g/mol. The van der Waals surface area contributed by atoms with Crippen LogP contribution < -0.4 is 10.3 Å². The standard InChI is InChI=1S/C19H22N6S.CH4/c26-19(23-22-16-7-3-5-15-6-4-10-21-18(15)16)25-13-11-24(12-14-25)17-8-1-2-9-20-17;/h1-2,4,6,8-10H,3,5,7,11-14H2,(H,23,26);1H4/b22-16-;. The molecule has 27 heavy (non-hydrogen) atoms. The molecule has 2 aromatic rings. The number of hydrazone groups is 1. The maximum atomic E-state index is 5.55. The van der Waals surface area contributed by atoms with Gasteiger partial charge in [-0.25, -0.2) is 4.98 Å². The van der Waals surface area contributed by atoms with Crippen LogP contribution in [-0.4, -0.2) is 51.9 Å². The average Bonchev–Trinajstić information content (AvgIpc) is 2.73. The topological polar surface area (TPSA) is 56.7 Å². The van der Waals surface area contributed by atoms with E-state index in [-0.39, 0.29) is 7.43 Å². The van der Waals surface area contributed by atoms with Gasteiger partial charge < -0.3 is 9.80 Å². The number of nitrogens with zero attached hydrogens (tertiary/aromatic N) is 5. The Morgan fingerprint density at radius 1 is 1.00 bits per heavy atom. The second-order valence-electron chi connectivity index (χ2n) is 6.50. The van der Waals surface area contributed by atoms with E-state index >= 15 is 0 Å². The minimum Gasteiger partial charge on any atom is -0.353 e. The van der Waals surface area contributed by atoms with Crippen LogP contribution in [-0.2, 0) is 6.42 Å². The molecule has 7 heteroatoms. The summed E-state index contributed by atoms with van der Waals surface area (Å²) in [6.45, 7) is 3.53. The number of aryl methyl sites for hydroxylation is 1. The minimum absolute atomic E-state index is 0. The van der Waals surface area contributed by atoms with Gasteiger partial charge in [0.2, 0.25) is 0 Å². The van der Waals surface area contributed by atoms with Crippen molar-refractivity contribution in [2.24, 2.45) is 5.10 Å². The molecule has 0 spiro atoms. The van der Waals surface area contributed by atoms with Crippen LogP contribution in [0.25, 0.3) is 0 Å². The first kappa shape index (κ1) is 19.2. The van der Waals surface area contributed by atoms with Crippen molar-refractivity contribution < 1.29 is 0 Å². The van der Waals surface area contributed by atoms with E-state index < -0.39 is 0 Å². The highest BCUT2D eigenvalue weighted by atomic mass is 32.1. The number of anilines is 1. The van der Waals surface area contributed by atoms with Crippen molar-refractivity contribution in [1.29, 1.82) is 0 Å². The molecule has 0 bridgehead atoms. The Bertz CT molecular complexity index is 799. The van der Waals surface area contributed by atoms with Crippen LogP contribution in [0.1, 0.15) is 31.5 Å². The molecule has 0 unspecified atom stereocenters. The molecule has 0 amide bonds. The maximum Gasteiger partial charge on any atom is 0.189 e. The fourth-order valence-corrected chi connectivity index (χ4v) is 3.67. The molecule has 1 aliphatic heterocycles. The third-order valence-electron chi connectivity index (χ3n) is 4.85. The number of fused-ring (bicyclic) bond motifs is 1. The largest absolute Gasteiger partial charge is 0.353 e. The Morgan fingerprint density at radius 2 is 1.81 bits per heavy atom. The van der Waals surface area contributed by atoms with Gasteiger partial charge in [0.05, 0.1) is 11.4 Å². The molecule has 1 aliphatic carbocycles. The summed E-state index contributed by atoms with van der Waals surface area (Å²) in [5, 5.41) is 5.25. The van der Waals surface area contributed by atoms with E-state index in [0.29, 0.717) is 5.11 Å². The van der Waals surface area contributed by atoms with Gasteiger partial charge in [-0.2, -0.15) is 5.10 Å². The summed E-state index contributed by atoms with van der Waals surface area (Å²) in [5.74, 6) is 1.02. The normalized spacial score (nSPS) is 17.9. The summed E-state index contributed by atoms with van der Waals surface area (Å²) in [7, 11) is 0. The fraction of sp³-hybridized carbons (Fsp3) is 0.400. The number of rotatable bonds is 2. The molecule has 3 heterocycles. The third kappa shape index (κ3) is 4.42. The van der Waals surface area contributed by atoms with Crippen LogP contribution in [0.15, 0.2) is 47.8 Å². The van der Waals surface area contributed by atoms with Gasteiger partial charge in [-0.3, -0.25) is 10.4 Å². The van der Waals surface area contributed by atoms with Gasteiger partial charge in [0.1, 0.15) is 5.82 Å². The van der Waals surface area contributed by atoms with Gasteiger partial charge in [-0.05, 0) is 55.2 Å². The third-order valence-corrected chi connectivity index (χ3v) is 5.20. The van der Waals surface area contributed by atoms with E-state index in [1.54, 1.807) is 0 Å². The van der Waals surface area contributed by atoms with E-state index in [1.165, 1.54) is 5.56 Å². The number of nitrogens with one attached hydrogen (secondary N) is 1. The predicted molar refractivity (Wildman–Crippen MR) is 114 cm³/mol. The Hall–Kier alpha value is -2.54. The zero-order chi connectivity index (χ0) is 17.8. The molecule has 0 saturated carbocycles. The first-order valence-electron chi connectivity index (χ1n) is 9.03. The quantitative estimate of drug-likeness (QED) is 0.637. The molecular weight excluding hydrogens is 356 g/mol. The van der Waals surface area contributed by atoms with Crippen LogP contribution in [0.5, 0.6) is 0 Å². The van der Waals surface area contributed by atoms with Crippen LogP contribution in [0.3, 0.4) is 0 Å². The maximum absolute atomic E-state index is 5.55. The number of pyridine rings is 2. The van der Waals surface area contributed by atoms with Gasteiger partial charge in [-0.1, -0.05) is 19.6 Å². The molecule has 0 atom stereocenters. The summed E-state index contributed by atoms with van der Waals surface area (Å²) in [6, 6.07) is 10.1. The van der Waals surface area contributed by atoms with Crippen LogP contribution in [0, 0.1) is 0 Å². The van der Waals surface area contributed by atoms with Crippen molar-refractivity contribution in [3.05, 3.63) is 54.0 Å². The van der Waals surface area contributed by atoms with Crippen molar-refractivity contribution >= 4 is 28.9 Å². The number of thiocarbonyl (C=S) groups is 1. The first-order valence-corrected chi connectivity index (χ1v) is 9.44. The Morgan fingerprint density at radius 3 is 2.59 bits per heavy atom. The molecule has 2 aromatic heterocycles. The molecule has 1 saturated heterocycles. The lowest BCUT2D eigenvalue weighted by atomic mass is 9.95. The second kappa shape index (κ2) is 8.90. The van der Waals surface area contributed by atoms with E-state index in [9.17, 15) is 0 Å². The van der Waals surface area contributed by atoms with Crippen LogP contribution in [0.2, 0.25) is 0 Å². The predicted octanol–water partition coefficient (Wildman–Crippen LogP) is 2.85. The monoisotopic (exact) mass is 382 g/mol. The highest BCUT2D eigenvalue weighted by Gasteiger charge is 2.20. The smallest absolute Gasteiger partial charge is 0.189 e. The second-order valence-corrected chi connectivity index (χ2v) is 6.89. The van der Waals surface area contributed by atoms with E-state index in [0.717, 1.165) is 62.7 Å². The summed E-state index contributed by atoms with van der Waals surface area (Å²) in [5.41, 5.74) is 6.37. The summed E-state index contributed by atoms with van der Waals surface area (Å²) >= 11 is 5.55.